The van der Waals surface area contributed by atoms with Gasteiger partial charge in [-0.15, -0.1) is 0 Å². The first-order valence-electron chi connectivity index (χ1n) is 6.60. The minimum atomic E-state index is -0.481. The van der Waals surface area contributed by atoms with Crippen molar-refractivity contribution < 1.29 is 9.59 Å². The zero-order chi connectivity index (χ0) is 14.3. The third kappa shape index (κ3) is 2.03. The Bertz CT molecular complexity index is 692. The second-order valence-corrected chi connectivity index (χ2v) is 5.14. The van der Waals surface area contributed by atoms with Crippen molar-refractivity contribution in [1.29, 1.82) is 0 Å². The van der Waals surface area contributed by atoms with Gasteiger partial charge in [0.15, 0.2) is 0 Å². The number of carbonyl (C=O) groups excluding carboxylic acids is 2. The molecule has 2 aromatic rings. The molecule has 1 saturated heterocycles. The molecule has 1 atom stereocenters. The number of nitrogens with one attached hydrogen (secondary N) is 1. The molecule has 1 fully saturated rings. The summed E-state index contributed by atoms with van der Waals surface area (Å²) in [5, 5.41) is 0. The Balaban J connectivity index is 1.96. The maximum absolute atomic E-state index is 11.4. The Kier molecular flexibility index (Phi) is 2.93. The summed E-state index contributed by atoms with van der Waals surface area (Å²) in [5.41, 5.74) is 7.19. The standard InChI is InChI=1S/C14H16N4O2/c1-8(19)18-6-5-9(7-18)14-16-11-4-2-3-10(13(15)20)12(11)17-14/h2-4,9H,5-7H2,1H3,(H2,15,20)(H,16,17)/t9-/m0/s1. The van der Waals surface area contributed by atoms with E-state index in [9.17, 15) is 9.59 Å². The van der Waals surface area contributed by atoms with Gasteiger partial charge in [-0.3, -0.25) is 9.59 Å². The fourth-order valence-electron chi connectivity index (χ4n) is 2.71. The molecule has 2 amide bonds. The number of rotatable bonds is 2. The van der Waals surface area contributed by atoms with Gasteiger partial charge >= 0.3 is 0 Å². The molecule has 3 rings (SSSR count). The van der Waals surface area contributed by atoms with E-state index in [1.54, 1.807) is 19.1 Å². The van der Waals surface area contributed by atoms with Crippen LogP contribution in [0.15, 0.2) is 18.2 Å². The second-order valence-electron chi connectivity index (χ2n) is 5.14. The molecule has 1 aliphatic rings. The third-order valence-corrected chi connectivity index (χ3v) is 3.82. The minimum absolute atomic E-state index is 0.0847. The number of aromatic nitrogens is 2. The predicted octanol–water partition coefficient (Wildman–Crippen LogP) is 0.998. The summed E-state index contributed by atoms with van der Waals surface area (Å²) in [6.07, 6.45) is 0.880. The van der Waals surface area contributed by atoms with E-state index in [-0.39, 0.29) is 11.8 Å². The van der Waals surface area contributed by atoms with Crippen LogP contribution in [0.4, 0.5) is 0 Å². The molecule has 1 aliphatic heterocycles. The molecule has 1 aromatic heterocycles. The van der Waals surface area contributed by atoms with Gasteiger partial charge in [-0.05, 0) is 18.6 Å². The number of amides is 2. The van der Waals surface area contributed by atoms with Gasteiger partial charge in [0.05, 0.1) is 11.1 Å². The van der Waals surface area contributed by atoms with Crippen LogP contribution >= 0.6 is 0 Å². The molecule has 6 heteroatoms. The van der Waals surface area contributed by atoms with Crippen molar-refractivity contribution >= 4 is 22.8 Å². The van der Waals surface area contributed by atoms with Gasteiger partial charge in [0.1, 0.15) is 11.3 Å². The van der Waals surface area contributed by atoms with Crippen LogP contribution in [0.25, 0.3) is 11.0 Å². The number of nitrogens with two attached hydrogens (primary N) is 1. The lowest BCUT2D eigenvalue weighted by Gasteiger charge is -2.12. The molecule has 3 N–H and O–H groups in total. The summed E-state index contributed by atoms with van der Waals surface area (Å²) in [7, 11) is 0. The zero-order valence-electron chi connectivity index (χ0n) is 11.2. The molecule has 0 unspecified atom stereocenters. The average molecular weight is 272 g/mol. The quantitative estimate of drug-likeness (QED) is 0.854. The molecule has 0 saturated carbocycles. The number of fused-ring (bicyclic) bond motifs is 1. The molecule has 20 heavy (non-hydrogen) atoms. The maximum Gasteiger partial charge on any atom is 0.250 e. The summed E-state index contributed by atoms with van der Waals surface area (Å²) in [4.78, 5) is 32.3. The highest BCUT2D eigenvalue weighted by Gasteiger charge is 2.28. The number of likely N-dealkylation sites (tertiary alicyclic amines) is 1. The first kappa shape index (κ1) is 12.7. The van der Waals surface area contributed by atoms with E-state index in [1.165, 1.54) is 0 Å². The number of hydrogen-bond acceptors (Lipinski definition) is 3. The largest absolute Gasteiger partial charge is 0.366 e. The van der Waals surface area contributed by atoms with Crippen molar-refractivity contribution in [3.8, 4) is 0 Å². The van der Waals surface area contributed by atoms with Crippen LogP contribution in [0.5, 0.6) is 0 Å². The first-order valence-corrected chi connectivity index (χ1v) is 6.60. The van der Waals surface area contributed by atoms with Gasteiger partial charge in [-0.25, -0.2) is 4.98 Å². The number of primary amides is 1. The van der Waals surface area contributed by atoms with E-state index in [0.29, 0.717) is 17.6 Å². The van der Waals surface area contributed by atoms with E-state index in [2.05, 4.69) is 9.97 Å². The normalized spacial score (nSPS) is 18.6. The third-order valence-electron chi connectivity index (χ3n) is 3.82. The van der Waals surface area contributed by atoms with E-state index in [0.717, 1.165) is 24.3 Å². The van der Waals surface area contributed by atoms with E-state index >= 15 is 0 Å². The van der Waals surface area contributed by atoms with Gasteiger partial charge in [0, 0.05) is 25.9 Å². The molecule has 6 nitrogen and oxygen atoms in total. The summed E-state index contributed by atoms with van der Waals surface area (Å²) < 4.78 is 0. The number of benzene rings is 1. The van der Waals surface area contributed by atoms with Crippen molar-refractivity contribution in [3.05, 3.63) is 29.6 Å². The van der Waals surface area contributed by atoms with Crippen molar-refractivity contribution in [2.75, 3.05) is 13.1 Å². The highest BCUT2D eigenvalue weighted by atomic mass is 16.2. The van der Waals surface area contributed by atoms with Crippen molar-refractivity contribution in [2.45, 2.75) is 19.3 Å². The fourth-order valence-corrected chi connectivity index (χ4v) is 2.71. The smallest absolute Gasteiger partial charge is 0.250 e. The number of H-pyrrole nitrogens is 1. The Morgan fingerprint density at radius 1 is 1.45 bits per heavy atom. The Morgan fingerprint density at radius 2 is 2.25 bits per heavy atom. The lowest BCUT2D eigenvalue weighted by molar-refractivity contribution is -0.127. The average Bonchev–Trinajstić information content (AvgIpc) is 3.04. The van der Waals surface area contributed by atoms with Crippen molar-refractivity contribution in [1.82, 2.24) is 14.9 Å². The number of para-hydroxylation sites is 1. The number of aromatic amines is 1. The summed E-state index contributed by atoms with van der Waals surface area (Å²) >= 11 is 0. The lowest BCUT2D eigenvalue weighted by Crippen LogP contribution is -2.25. The molecule has 104 valence electrons. The van der Waals surface area contributed by atoms with Gasteiger partial charge in [-0.2, -0.15) is 0 Å². The van der Waals surface area contributed by atoms with Gasteiger partial charge in [-0.1, -0.05) is 6.07 Å². The van der Waals surface area contributed by atoms with Crippen LogP contribution in [0.1, 0.15) is 35.4 Å². The summed E-state index contributed by atoms with van der Waals surface area (Å²) in [5.74, 6) is 0.608. The number of hydrogen-bond donors (Lipinski definition) is 2. The topological polar surface area (TPSA) is 92.1 Å². The van der Waals surface area contributed by atoms with E-state index in [1.807, 2.05) is 11.0 Å². The molecular weight excluding hydrogens is 256 g/mol. The zero-order valence-corrected chi connectivity index (χ0v) is 11.2. The second kappa shape index (κ2) is 4.63. The van der Waals surface area contributed by atoms with Crippen molar-refractivity contribution in [2.24, 2.45) is 5.73 Å². The van der Waals surface area contributed by atoms with Crippen LogP contribution < -0.4 is 5.73 Å². The Labute approximate surface area is 116 Å². The van der Waals surface area contributed by atoms with Crippen LogP contribution in [0.3, 0.4) is 0 Å². The molecular formula is C14H16N4O2. The van der Waals surface area contributed by atoms with Crippen LogP contribution in [-0.4, -0.2) is 39.8 Å². The Morgan fingerprint density at radius 3 is 2.90 bits per heavy atom. The predicted molar refractivity (Wildman–Crippen MR) is 74.2 cm³/mol. The molecule has 0 bridgehead atoms. The maximum atomic E-state index is 11.4. The molecule has 0 radical (unpaired) electrons. The molecule has 0 aliphatic carbocycles. The SMILES string of the molecule is CC(=O)N1CC[C@H](c2nc3c(C(N)=O)cccc3[nH]2)C1. The number of nitrogens with zero attached hydrogens (tertiary/aromatic N) is 2. The number of carbonyl (C=O) groups is 2. The van der Waals surface area contributed by atoms with E-state index in [4.69, 9.17) is 5.73 Å². The van der Waals surface area contributed by atoms with E-state index < -0.39 is 5.91 Å². The molecule has 0 spiro atoms. The summed E-state index contributed by atoms with van der Waals surface area (Å²) in [6.45, 7) is 2.99. The first-order chi connectivity index (χ1) is 9.56. The molecule has 2 heterocycles. The minimum Gasteiger partial charge on any atom is -0.366 e. The van der Waals surface area contributed by atoms with Crippen LogP contribution in [-0.2, 0) is 4.79 Å². The molecule has 1 aromatic carbocycles. The monoisotopic (exact) mass is 272 g/mol. The lowest BCUT2D eigenvalue weighted by atomic mass is 10.1. The van der Waals surface area contributed by atoms with Gasteiger partial charge in [0.2, 0.25) is 5.91 Å². The fraction of sp³-hybridized carbons (Fsp3) is 0.357. The van der Waals surface area contributed by atoms with Crippen LogP contribution in [0.2, 0.25) is 0 Å². The van der Waals surface area contributed by atoms with Gasteiger partial charge in [0.25, 0.3) is 5.91 Å². The van der Waals surface area contributed by atoms with Gasteiger partial charge < -0.3 is 15.6 Å². The summed E-state index contributed by atoms with van der Waals surface area (Å²) in [6, 6.07) is 5.32. The highest BCUT2D eigenvalue weighted by molar-refractivity contribution is 6.04. The van der Waals surface area contributed by atoms with Crippen LogP contribution in [0, 0.1) is 0 Å². The van der Waals surface area contributed by atoms with Crippen molar-refractivity contribution in [3.63, 3.8) is 0 Å². The number of imidazole rings is 1. The highest BCUT2D eigenvalue weighted by Crippen LogP contribution is 2.27. The Hall–Kier alpha value is -2.37.